The molecule has 2 aromatic carbocycles. The van der Waals surface area contributed by atoms with Crippen LogP contribution in [0.25, 0.3) is 22.7 Å². The predicted octanol–water partition coefficient (Wildman–Crippen LogP) is 2.83. The number of benzene rings is 2. The molecule has 0 saturated carbocycles. The normalized spacial score (nSPS) is 11.1. The van der Waals surface area contributed by atoms with Crippen LogP contribution in [0.3, 0.4) is 0 Å². The highest BCUT2D eigenvalue weighted by molar-refractivity contribution is 5.99. The second kappa shape index (κ2) is 5.81. The number of primary amides is 1. The number of aliphatic carboxylic acids is 1. The monoisotopic (exact) mass is 306 g/mol. The van der Waals surface area contributed by atoms with Crippen LogP contribution in [-0.2, 0) is 4.79 Å². The Bertz CT molecular complexity index is 938. The number of para-hydroxylation sites is 1. The maximum absolute atomic E-state index is 11.8. The summed E-state index contributed by atoms with van der Waals surface area (Å²) in [6.45, 7) is 0. The van der Waals surface area contributed by atoms with Gasteiger partial charge in [0.25, 0.3) is 5.91 Å². The van der Waals surface area contributed by atoms with E-state index in [1.165, 1.54) is 6.08 Å². The molecule has 0 aliphatic carbocycles. The van der Waals surface area contributed by atoms with E-state index in [4.69, 9.17) is 10.8 Å². The minimum absolute atomic E-state index is 0.380. The van der Waals surface area contributed by atoms with Crippen molar-refractivity contribution in [3.8, 4) is 5.69 Å². The lowest BCUT2D eigenvalue weighted by molar-refractivity contribution is -0.131. The second-order valence-corrected chi connectivity index (χ2v) is 5.05. The molecule has 0 saturated heterocycles. The SMILES string of the molecule is NC(=O)c1cc2ccccc2n1-c1cccc(/C=C/C(=O)O)c1. The summed E-state index contributed by atoms with van der Waals surface area (Å²) in [4.78, 5) is 22.4. The zero-order valence-electron chi connectivity index (χ0n) is 12.1. The molecule has 3 N–H and O–H groups in total. The van der Waals surface area contributed by atoms with Crippen LogP contribution in [0.5, 0.6) is 0 Å². The second-order valence-electron chi connectivity index (χ2n) is 5.05. The molecule has 114 valence electrons. The van der Waals surface area contributed by atoms with Gasteiger partial charge >= 0.3 is 5.97 Å². The first-order valence-electron chi connectivity index (χ1n) is 6.98. The number of fused-ring (bicyclic) bond motifs is 1. The Labute approximate surface area is 132 Å². The molecule has 23 heavy (non-hydrogen) atoms. The van der Waals surface area contributed by atoms with Gasteiger partial charge in [0, 0.05) is 17.1 Å². The van der Waals surface area contributed by atoms with E-state index in [-0.39, 0.29) is 0 Å². The van der Waals surface area contributed by atoms with E-state index in [1.807, 2.05) is 30.3 Å². The molecular weight excluding hydrogens is 292 g/mol. The fourth-order valence-electron chi connectivity index (χ4n) is 2.55. The fraction of sp³-hybridized carbons (Fsp3) is 0. The zero-order valence-corrected chi connectivity index (χ0v) is 12.1. The van der Waals surface area contributed by atoms with Crippen LogP contribution in [0.2, 0.25) is 0 Å². The number of carboxylic acids is 1. The van der Waals surface area contributed by atoms with E-state index in [1.54, 1.807) is 28.8 Å². The molecule has 1 aromatic heterocycles. The van der Waals surface area contributed by atoms with Gasteiger partial charge in [-0.15, -0.1) is 0 Å². The first kappa shape index (κ1) is 14.6. The number of hydrogen-bond donors (Lipinski definition) is 2. The van der Waals surface area contributed by atoms with Crippen LogP contribution in [0.15, 0.2) is 60.7 Å². The average molecular weight is 306 g/mol. The van der Waals surface area contributed by atoms with E-state index < -0.39 is 11.9 Å². The van der Waals surface area contributed by atoms with Crippen molar-refractivity contribution in [3.63, 3.8) is 0 Å². The molecule has 1 amide bonds. The minimum atomic E-state index is -1.01. The van der Waals surface area contributed by atoms with E-state index >= 15 is 0 Å². The summed E-state index contributed by atoms with van der Waals surface area (Å²) in [5, 5.41) is 9.64. The molecule has 0 radical (unpaired) electrons. The standard InChI is InChI=1S/C18H14N2O3/c19-18(23)16-11-13-5-1-2-7-15(13)20(16)14-6-3-4-12(10-14)8-9-17(21)22/h1-11H,(H2,19,23)(H,21,22)/b9-8+. The quantitative estimate of drug-likeness (QED) is 0.727. The van der Waals surface area contributed by atoms with Gasteiger partial charge in [-0.1, -0.05) is 30.3 Å². The van der Waals surface area contributed by atoms with E-state index in [9.17, 15) is 9.59 Å². The van der Waals surface area contributed by atoms with Crippen LogP contribution in [0, 0.1) is 0 Å². The Balaban J connectivity index is 2.20. The number of carbonyl (C=O) groups excluding carboxylic acids is 1. The Hall–Kier alpha value is -3.34. The molecule has 0 fully saturated rings. The lowest BCUT2D eigenvalue weighted by Crippen LogP contribution is -2.15. The van der Waals surface area contributed by atoms with Crippen molar-refractivity contribution in [2.75, 3.05) is 0 Å². The van der Waals surface area contributed by atoms with E-state index in [0.29, 0.717) is 5.69 Å². The summed E-state index contributed by atoms with van der Waals surface area (Å²) in [5.41, 5.74) is 8.21. The maximum Gasteiger partial charge on any atom is 0.328 e. The summed E-state index contributed by atoms with van der Waals surface area (Å²) in [6, 6.07) is 16.6. The molecule has 0 atom stereocenters. The third kappa shape index (κ3) is 2.85. The number of aromatic nitrogens is 1. The maximum atomic E-state index is 11.8. The smallest absolute Gasteiger partial charge is 0.328 e. The van der Waals surface area contributed by atoms with Gasteiger partial charge in [-0.05, 0) is 35.9 Å². The first-order valence-corrected chi connectivity index (χ1v) is 6.98. The Morgan fingerprint density at radius 1 is 1.04 bits per heavy atom. The summed E-state index contributed by atoms with van der Waals surface area (Å²) in [5.74, 6) is -1.53. The zero-order chi connectivity index (χ0) is 16.4. The summed E-state index contributed by atoms with van der Waals surface area (Å²) >= 11 is 0. The molecule has 0 aliphatic heterocycles. The summed E-state index contributed by atoms with van der Waals surface area (Å²) in [6.07, 6.45) is 2.57. The first-order chi connectivity index (χ1) is 11.1. The van der Waals surface area contributed by atoms with Gasteiger partial charge in [-0.25, -0.2) is 4.79 Å². The number of amides is 1. The molecule has 0 unspecified atom stereocenters. The molecule has 0 aliphatic rings. The van der Waals surface area contributed by atoms with Crippen molar-refractivity contribution < 1.29 is 14.7 Å². The number of rotatable bonds is 4. The van der Waals surface area contributed by atoms with Crippen LogP contribution >= 0.6 is 0 Å². The summed E-state index contributed by atoms with van der Waals surface area (Å²) in [7, 11) is 0. The number of hydrogen-bond acceptors (Lipinski definition) is 2. The van der Waals surface area contributed by atoms with Gasteiger partial charge in [-0.2, -0.15) is 0 Å². The molecule has 0 spiro atoms. The Morgan fingerprint density at radius 3 is 2.57 bits per heavy atom. The Kier molecular flexibility index (Phi) is 3.68. The largest absolute Gasteiger partial charge is 0.478 e. The van der Waals surface area contributed by atoms with Crippen molar-refractivity contribution in [3.05, 3.63) is 71.9 Å². The predicted molar refractivity (Wildman–Crippen MR) is 88.5 cm³/mol. The van der Waals surface area contributed by atoms with Crippen LogP contribution in [0.1, 0.15) is 16.1 Å². The topological polar surface area (TPSA) is 85.3 Å². The molecule has 5 nitrogen and oxygen atoms in total. The minimum Gasteiger partial charge on any atom is -0.478 e. The lowest BCUT2D eigenvalue weighted by atomic mass is 10.2. The van der Waals surface area contributed by atoms with Gasteiger partial charge in [0.1, 0.15) is 5.69 Å². The molecule has 3 aromatic rings. The molecule has 5 heteroatoms. The van der Waals surface area contributed by atoms with Crippen molar-refractivity contribution in [2.24, 2.45) is 5.73 Å². The average Bonchev–Trinajstić information content (AvgIpc) is 2.93. The summed E-state index contributed by atoms with van der Waals surface area (Å²) < 4.78 is 1.77. The molecule has 3 rings (SSSR count). The van der Waals surface area contributed by atoms with E-state index in [2.05, 4.69) is 0 Å². The van der Waals surface area contributed by atoms with Crippen LogP contribution < -0.4 is 5.73 Å². The molecule has 1 heterocycles. The van der Waals surface area contributed by atoms with Gasteiger partial charge in [0.2, 0.25) is 0 Å². The Morgan fingerprint density at radius 2 is 1.83 bits per heavy atom. The highest BCUT2D eigenvalue weighted by Crippen LogP contribution is 2.25. The fourth-order valence-corrected chi connectivity index (χ4v) is 2.55. The highest BCUT2D eigenvalue weighted by atomic mass is 16.4. The third-order valence-corrected chi connectivity index (χ3v) is 3.51. The number of carboxylic acid groups (broad SMARTS) is 1. The third-order valence-electron chi connectivity index (χ3n) is 3.51. The van der Waals surface area contributed by atoms with Gasteiger partial charge in [0.05, 0.1) is 5.52 Å². The van der Waals surface area contributed by atoms with Gasteiger partial charge < -0.3 is 15.4 Å². The van der Waals surface area contributed by atoms with Gasteiger partial charge in [0.15, 0.2) is 0 Å². The van der Waals surface area contributed by atoms with Crippen LogP contribution in [0.4, 0.5) is 0 Å². The van der Waals surface area contributed by atoms with E-state index in [0.717, 1.165) is 28.2 Å². The molecule has 0 bridgehead atoms. The van der Waals surface area contributed by atoms with Crippen molar-refractivity contribution in [2.45, 2.75) is 0 Å². The van der Waals surface area contributed by atoms with Crippen molar-refractivity contribution >= 4 is 28.9 Å². The lowest BCUT2D eigenvalue weighted by Gasteiger charge is -2.09. The van der Waals surface area contributed by atoms with Crippen molar-refractivity contribution in [1.29, 1.82) is 0 Å². The highest BCUT2D eigenvalue weighted by Gasteiger charge is 2.14. The number of carbonyl (C=O) groups is 2. The van der Waals surface area contributed by atoms with Gasteiger partial charge in [-0.3, -0.25) is 4.79 Å². The van der Waals surface area contributed by atoms with Crippen LogP contribution in [-0.4, -0.2) is 21.6 Å². The number of nitrogens with zero attached hydrogens (tertiary/aromatic N) is 1. The van der Waals surface area contributed by atoms with Crippen molar-refractivity contribution in [1.82, 2.24) is 4.57 Å². The molecular formula is C18H14N2O3. The number of nitrogens with two attached hydrogens (primary N) is 1.